The molecule has 5 heteroatoms. The number of allylic oxidation sites excluding steroid dienone is 1. The third kappa shape index (κ3) is 3.73. The van der Waals surface area contributed by atoms with E-state index in [-0.39, 0.29) is 32.5 Å². The second-order valence-corrected chi connectivity index (χ2v) is 4.38. The zero-order valence-corrected chi connectivity index (χ0v) is 13.4. The first-order chi connectivity index (χ1) is 4.09. The van der Waals surface area contributed by atoms with Crippen LogP contribution in [0.5, 0.6) is 0 Å². The topological polar surface area (TPSA) is 26.3 Å². The van der Waals surface area contributed by atoms with Crippen LogP contribution in [0.4, 0.5) is 0 Å². The molecule has 0 saturated heterocycles. The number of hydrogen-bond acceptors (Lipinski definition) is 2. The molecule has 0 fully saturated rings. The minimum absolute atomic E-state index is 0.0716. The van der Waals surface area contributed by atoms with Gasteiger partial charge in [0.15, 0.2) is 0 Å². The molecule has 0 radical (unpaired) electrons. The maximum atomic E-state index is 10.6. The van der Waals surface area contributed by atoms with Crippen molar-refractivity contribution in [3.63, 3.8) is 0 Å². The first-order valence-corrected chi connectivity index (χ1v) is 5.91. The Hall–Kier alpha value is 1.11. The normalized spacial score (nSPS) is 12.6. The number of halogens is 2. The SMILES string of the molecule is C/C(Br)=C(\Br)C(=O)[O][Hg]. The number of carbonyl (C=O) groups is 1. The van der Waals surface area contributed by atoms with Crippen LogP contribution in [-0.4, -0.2) is 5.97 Å². The number of hydrogen-bond donors (Lipinski definition) is 0. The fourth-order valence-corrected chi connectivity index (χ4v) is 1.86. The van der Waals surface area contributed by atoms with Crippen LogP contribution in [0.15, 0.2) is 8.96 Å². The molecule has 0 aliphatic heterocycles. The van der Waals surface area contributed by atoms with Crippen LogP contribution in [0.25, 0.3) is 0 Å². The van der Waals surface area contributed by atoms with Crippen LogP contribution in [0.2, 0.25) is 0 Å². The summed E-state index contributed by atoms with van der Waals surface area (Å²) in [4.78, 5) is 10.6. The van der Waals surface area contributed by atoms with Gasteiger partial charge in [-0.25, -0.2) is 0 Å². The standard InChI is InChI=1S/C4H4Br2O2.Hg/c1-2(5)3(6)4(7)8;/h1H3,(H,7,8);/q;+1/p-1/b3-2+;. The number of carbonyl (C=O) groups excluding carboxylic acids is 1. The summed E-state index contributed by atoms with van der Waals surface area (Å²) >= 11 is 6.26. The molecule has 47 valence electrons. The molecule has 0 amide bonds. The Balaban J connectivity index is 4.21. The van der Waals surface area contributed by atoms with Crippen molar-refractivity contribution in [1.29, 1.82) is 0 Å². The predicted molar refractivity (Wildman–Crippen MR) is 36.6 cm³/mol. The summed E-state index contributed by atoms with van der Waals surface area (Å²) < 4.78 is 5.83. The monoisotopic (exact) mass is 443 g/mol. The molecule has 0 atom stereocenters. The van der Waals surface area contributed by atoms with Gasteiger partial charge in [-0.15, -0.1) is 0 Å². The Labute approximate surface area is 86.9 Å². The molecule has 0 N–H and O–H groups in total. The van der Waals surface area contributed by atoms with Crippen LogP contribution in [-0.2, 0) is 34.0 Å². The van der Waals surface area contributed by atoms with Crippen LogP contribution >= 0.6 is 31.9 Å². The van der Waals surface area contributed by atoms with E-state index in [1.165, 1.54) is 0 Å². The van der Waals surface area contributed by atoms with Crippen molar-refractivity contribution in [2.45, 2.75) is 6.92 Å². The van der Waals surface area contributed by atoms with Crippen molar-refractivity contribution in [2.24, 2.45) is 0 Å². The summed E-state index contributed by atoms with van der Waals surface area (Å²) in [5.41, 5.74) is 0. The van der Waals surface area contributed by atoms with Crippen LogP contribution < -0.4 is 0 Å². The first kappa shape index (κ1) is 10.1. The summed E-state index contributed by atoms with van der Waals surface area (Å²) in [5, 5.41) is 0. The van der Waals surface area contributed by atoms with Gasteiger partial charge in [0.1, 0.15) is 0 Å². The van der Waals surface area contributed by atoms with Gasteiger partial charge in [0.2, 0.25) is 0 Å². The summed E-state index contributed by atoms with van der Waals surface area (Å²) in [6.07, 6.45) is 0. The molecule has 0 aromatic rings. The zero-order valence-electron chi connectivity index (χ0n) is 4.78. The fourth-order valence-electron chi connectivity index (χ4n) is 0.204. The van der Waals surface area contributed by atoms with Crippen LogP contribution in [0, 0.1) is 0 Å². The average Bonchev–Trinajstić information content (AvgIpc) is 1.84. The molecule has 0 aromatic heterocycles. The minimum atomic E-state index is -0.285. The molecule has 0 aromatic carbocycles. The summed E-state index contributed by atoms with van der Waals surface area (Å²) in [7, 11) is 0. The van der Waals surface area contributed by atoms with E-state index in [4.69, 9.17) is 0 Å². The molecule has 0 aliphatic carbocycles. The Morgan fingerprint density at radius 3 is 2.11 bits per heavy atom. The van der Waals surface area contributed by atoms with Crippen molar-refractivity contribution in [1.82, 2.24) is 0 Å². The third-order valence-corrected chi connectivity index (χ3v) is 3.48. The molecule has 0 saturated carbocycles. The molecular weight excluding hydrogens is 440 g/mol. The van der Waals surface area contributed by atoms with Crippen molar-refractivity contribution in [2.75, 3.05) is 0 Å². The second-order valence-electron chi connectivity index (χ2n) is 1.28. The molecule has 0 unspecified atom stereocenters. The van der Waals surface area contributed by atoms with Gasteiger partial charge in [-0.2, -0.15) is 0 Å². The maximum absolute atomic E-state index is 10.6. The van der Waals surface area contributed by atoms with Crippen LogP contribution in [0.3, 0.4) is 0 Å². The van der Waals surface area contributed by atoms with E-state index in [2.05, 4.69) is 34.5 Å². The van der Waals surface area contributed by atoms with E-state index in [0.717, 1.165) is 4.48 Å². The van der Waals surface area contributed by atoms with E-state index < -0.39 is 0 Å². The van der Waals surface area contributed by atoms with E-state index in [0.29, 0.717) is 4.48 Å². The molecular formula is C4H3Br2HgO2. The molecule has 0 rings (SSSR count). The molecule has 0 bridgehead atoms. The van der Waals surface area contributed by atoms with Crippen molar-refractivity contribution >= 4 is 37.8 Å². The first-order valence-electron chi connectivity index (χ1n) is 2.07. The quantitative estimate of drug-likeness (QED) is 0.458. The Morgan fingerprint density at radius 2 is 2.00 bits per heavy atom. The van der Waals surface area contributed by atoms with Crippen LogP contribution in [0.1, 0.15) is 6.92 Å². The summed E-state index contributed by atoms with van der Waals surface area (Å²) in [6, 6.07) is 0. The van der Waals surface area contributed by atoms with Crippen molar-refractivity contribution in [3.05, 3.63) is 8.96 Å². The number of rotatable bonds is 1. The van der Waals surface area contributed by atoms with Gasteiger partial charge in [0.25, 0.3) is 0 Å². The Morgan fingerprint density at radius 1 is 1.56 bits per heavy atom. The second kappa shape index (κ2) is 4.85. The van der Waals surface area contributed by atoms with E-state index in [1.807, 2.05) is 0 Å². The average molecular weight is 443 g/mol. The van der Waals surface area contributed by atoms with Gasteiger partial charge in [-0.1, -0.05) is 0 Å². The summed E-state index contributed by atoms with van der Waals surface area (Å²) in [5.74, 6) is -0.285. The van der Waals surface area contributed by atoms with Crippen molar-refractivity contribution < 1.29 is 34.0 Å². The van der Waals surface area contributed by atoms with E-state index >= 15 is 0 Å². The van der Waals surface area contributed by atoms with Crippen molar-refractivity contribution in [3.8, 4) is 0 Å². The molecule has 0 aliphatic rings. The molecule has 2 nitrogen and oxygen atoms in total. The summed E-state index contributed by atoms with van der Waals surface area (Å²) in [6.45, 7) is 1.77. The van der Waals surface area contributed by atoms with Gasteiger partial charge < -0.3 is 0 Å². The predicted octanol–water partition coefficient (Wildman–Crippen LogP) is 2.01. The fraction of sp³-hybridized carbons (Fsp3) is 0.250. The Kier molecular flexibility index (Phi) is 5.45. The van der Waals surface area contributed by atoms with E-state index in [9.17, 15) is 4.79 Å². The van der Waals surface area contributed by atoms with Gasteiger partial charge in [-0.3, -0.25) is 0 Å². The van der Waals surface area contributed by atoms with E-state index in [1.54, 1.807) is 6.92 Å². The van der Waals surface area contributed by atoms with Gasteiger partial charge >= 0.3 is 87.7 Å². The third-order valence-electron chi connectivity index (χ3n) is 0.613. The molecule has 0 spiro atoms. The van der Waals surface area contributed by atoms with Gasteiger partial charge in [0, 0.05) is 0 Å². The van der Waals surface area contributed by atoms with Gasteiger partial charge in [-0.05, 0) is 0 Å². The zero-order chi connectivity index (χ0) is 7.44. The van der Waals surface area contributed by atoms with Gasteiger partial charge in [0.05, 0.1) is 0 Å². The molecule has 0 heterocycles. The molecule has 9 heavy (non-hydrogen) atoms. The Bertz CT molecular complexity index is 151.